The zero-order chi connectivity index (χ0) is 13.5. The quantitative estimate of drug-likeness (QED) is 0.835. The first kappa shape index (κ1) is 14.5. The number of alkyl carbamates (subject to hydrolysis) is 1. The van der Waals surface area contributed by atoms with Crippen LogP contribution in [-0.2, 0) is 14.3 Å². The van der Waals surface area contributed by atoms with Crippen molar-refractivity contribution in [2.24, 2.45) is 0 Å². The van der Waals surface area contributed by atoms with Crippen LogP contribution in [-0.4, -0.2) is 25.3 Å². The molecule has 6 heteroatoms. The van der Waals surface area contributed by atoms with Crippen LogP contribution in [0.25, 0.3) is 0 Å². The minimum atomic E-state index is -0.803. The highest BCUT2D eigenvalue weighted by molar-refractivity contribution is 7.12. The van der Waals surface area contributed by atoms with Gasteiger partial charge in [-0.3, -0.25) is 0 Å². The molecule has 0 aromatic carbocycles. The van der Waals surface area contributed by atoms with E-state index in [0.29, 0.717) is 0 Å². The molecule has 0 aliphatic rings. The molecule has 18 heavy (non-hydrogen) atoms. The Morgan fingerprint density at radius 2 is 1.94 bits per heavy atom. The van der Waals surface area contributed by atoms with Crippen molar-refractivity contribution in [2.75, 3.05) is 13.2 Å². The maximum Gasteiger partial charge on any atom is 0.408 e. The maximum atomic E-state index is 11.8. The molecular formula is C12H17NO4S. The van der Waals surface area contributed by atoms with E-state index >= 15 is 0 Å². The molecule has 0 saturated heterocycles. The molecule has 1 aromatic rings. The standard InChI is InChI=1S/C12H17NO4S/c1-4-16-11(14)10(13-12(15)17-5-2)9-7-6-8(3)18-9/h6-7,10H,4-5H2,1-3H3,(H,13,15). The number of amides is 1. The molecule has 1 atom stereocenters. The monoisotopic (exact) mass is 271 g/mol. The molecule has 1 unspecified atom stereocenters. The molecular weight excluding hydrogens is 254 g/mol. The summed E-state index contributed by atoms with van der Waals surface area (Å²) >= 11 is 1.44. The maximum absolute atomic E-state index is 11.8. The van der Waals surface area contributed by atoms with E-state index in [1.807, 2.05) is 13.0 Å². The van der Waals surface area contributed by atoms with Crippen LogP contribution >= 0.6 is 11.3 Å². The molecule has 1 rings (SSSR count). The summed E-state index contributed by atoms with van der Waals surface area (Å²) in [7, 11) is 0. The predicted octanol–water partition coefficient (Wildman–Crippen LogP) is 2.41. The molecule has 100 valence electrons. The topological polar surface area (TPSA) is 64.6 Å². The van der Waals surface area contributed by atoms with Gasteiger partial charge in [-0.25, -0.2) is 9.59 Å². The van der Waals surface area contributed by atoms with E-state index in [4.69, 9.17) is 9.47 Å². The summed E-state index contributed by atoms with van der Waals surface area (Å²) < 4.78 is 9.72. The number of thiophene rings is 1. The van der Waals surface area contributed by atoms with Crippen molar-refractivity contribution < 1.29 is 19.1 Å². The first-order valence-corrected chi connectivity index (χ1v) is 6.56. The summed E-state index contributed by atoms with van der Waals surface area (Å²) in [6.45, 7) is 5.88. The molecule has 0 spiro atoms. The van der Waals surface area contributed by atoms with E-state index < -0.39 is 18.1 Å². The average Bonchev–Trinajstić information content (AvgIpc) is 2.73. The number of carbonyl (C=O) groups is 2. The van der Waals surface area contributed by atoms with Crippen LogP contribution in [0.5, 0.6) is 0 Å². The van der Waals surface area contributed by atoms with Gasteiger partial charge in [0.25, 0.3) is 0 Å². The Balaban J connectivity index is 2.81. The van der Waals surface area contributed by atoms with E-state index in [1.165, 1.54) is 11.3 Å². The number of hydrogen-bond acceptors (Lipinski definition) is 5. The van der Waals surface area contributed by atoms with Gasteiger partial charge < -0.3 is 14.8 Å². The lowest BCUT2D eigenvalue weighted by Crippen LogP contribution is -2.34. The minimum absolute atomic E-state index is 0.255. The van der Waals surface area contributed by atoms with Gasteiger partial charge in [-0.1, -0.05) is 0 Å². The van der Waals surface area contributed by atoms with Crippen LogP contribution in [0.15, 0.2) is 12.1 Å². The summed E-state index contributed by atoms with van der Waals surface area (Å²) in [5.41, 5.74) is 0. The fourth-order valence-electron chi connectivity index (χ4n) is 1.37. The Morgan fingerprint density at radius 3 is 2.44 bits per heavy atom. The molecule has 1 aromatic heterocycles. The average molecular weight is 271 g/mol. The number of hydrogen-bond donors (Lipinski definition) is 1. The Bertz CT molecular complexity index is 416. The van der Waals surface area contributed by atoms with E-state index in [0.717, 1.165) is 9.75 Å². The van der Waals surface area contributed by atoms with Gasteiger partial charge in [-0.05, 0) is 32.9 Å². The first-order valence-electron chi connectivity index (χ1n) is 5.74. The summed E-state index contributed by atoms with van der Waals surface area (Å²) in [5.74, 6) is -0.479. The fraction of sp³-hybridized carbons (Fsp3) is 0.500. The third-order valence-corrected chi connectivity index (χ3v) is 3.17. The molecule has 0 fully saturated rings. The van der Waals surface area contributed by atoms with E-state index in [9.17, 15) is 9.59 Å². The number of nitrogens with one attached hydrogen (secondary N) is 1. The molecule has 0 saturated carbocycles. The Labute approximate surface area is 110 Å². The van der Waals surface area contributed by atoms with Crippen molar-refractivity contribution in [1.29, 1.82) is 0 Å². The smallest absolute Gasteiger partial charge is 0.408 e. The summed E-state index contributed by atoms with van der Waals surface area (Å²) in [6, 6.07) is 2.88. The largest absolute Gasteiger partial charge is 0.464 e. The summed E-state index contributed by atoms with van der Waals surface area (Å²) in [4.78, 5) is 25.0. The van der Waals surface area contributed by atoms with Gasteiger partial charge in [0.1, 0.15) is 0 Å². The van der Waals surface area contributed by atoms with Gasteiger partial charge in [0.05, 0.1) is 13.2 Å². The molecule has 1 N–H and O–H groups in total. The molecule has 5 nitrogen and oxygen atoms in total. The van der Waals surface area contributed by atoms with Crippen LogP contribution in [0, 0.1) is 6.92 Å². The number of esters is 1. The third-order valence-electron chi connectivity index (χ3n) is 2.11. The Morgan fingerprint density at radius 1 is 1.28 bits per heavy atom. The third kappa shape index (κ3) is 4.03. The van der Waals surface area contributed by atoms with Gasteiger partial charge in [-0.2, -0.15) is 0 Å². The highest BCUT2D eigenvalue weighted by Gasteiger charge is 2.25. The SMILES string of the molecule is CCOC(=O)NC(C(=O)OCC)c1ccc(C)s1. The van der Waals surface area contributed by atoms with Gasteiger partial charge >= 0.3 is 12.1 Å². The Hall–Kier alpha value is -1.56. The second-order valence-corrected chi connectivity index (χ2v) is 4.82. The van der Waals surface area contributed by atoms with Crippen LogP contribution in [0.1, 0.15) is 29.6 Å². The normalized spacial score (nSPS) is 11.7. The first-order chi connectivity index (χ1) is 8.58. The zero-order valence-corrected chi connectivity index (χ0v) is 11.5. The van der Waals surface area contributed by atoms with Crippen LogP contribution < -0.4 is 5.32 Å². The van der Waals surface area contributed by atoms with E-state index in [-0.39, 0.29) is 13.2 Å². The molecule has 0 aliphatic carbocycles. The van der Waals surface area contributed by atoms with Crippen molar-refractivity contribution >= 4 is 23.4 Å². The number of carbonyl (C=O) groups excluding carboxylic acids is 2. The highest BCUT2D eigenvalue weighted by Crippen LogP contribution is 2.24. The lowest BCUT2D eigenvalue weighted by atomic mass is 10.2. The number of rotatable bonds is 5. The summed E-state index contributed by atoms with van der Waals surface area (Å²) in [6.07, 6.45) is -0.624. The van der Waals surface area contributed by atoms with Gasteiger partial charge in [0.2, 0.25) is 0 Å². The molecule has 0 aliphatic heterocycles. The van der Waals surface area contributed by atoms with Crippen molar-refractivity contribution in [3.63, 3.8) is 0 Å². The highest BCUT2D eigenvalue weighted by atomic mass is 32.1. The second-order valence-electron chi connectivity index (χ2n) is 3.50. The number of ether oxygens (including phenoxy) is 2. The lowest BCUT2D eigenvalue weighted by Gasteiger charge is -2.15. The van der Waals surface area contributed by atoms with Crippen molar-refractivity contribution in [1.82, 2.24) is 5.32 Å². The predicted molar refractivity (Wildman–Crippen MR) is 68.6 cm³/mol. The number of aryl methyl sites for hydroxylation is 1. The van der Waals surface area contributed by atoms with Crippen LogP contribution in [0.3, 0.4) is 0 Å². The van der Waals surface area contributed by atoms with Crippen molar-refractivity contribution in [3.05, 3.63) is 21.9 Å². The fourth-order valence-corrected chi connectivity index (χ4v) is 2.29. The van der Waals surface area contributed by atoms with Crippen molar-refractivity contribution in [3.8, 4) is 0 Å². The molecule has 0 bridgehead atoms. The molecule has 1 amide bonds. The second kappa shape index (κ2) is 7.00. The zero-order valence-electron chi connectivity index (χ0n) is 10.7. The van der Waals surface area contributed by atoms with Gasteiger partial charge in [0, 0.05) is 9.75 Å². The van der Waals surface area contributed by atoms with Gasteiger partial charge in [0.15, 0.2) is 6.04 Å². The lowest BCUT2D eigenvalue weighted by molar-refractivity contribution is -0.145. The summed E-state index contributed by atoms with van der Waals surface area (Å²) in [5, 5.41) is 2.51. The van der Waals surface area contributed by atoms with E-state index in [2.05, 4.69) is 5.32 Å². The van der Waals surface area contributed by atoms with Crippen LogP contribution in [0.4, 0.5) is 4.79 Å². The molecule has 0 radical (unpaired) electrons. The van der Waals surface area contributed by atoms with Crippen molar-refractivity contribution in [2.45, 2.75) is 26.8 Å². The minimum Gasteiger partial charge on any atom is -0.464 e. The van der Waals surface area contributed by atoms with E-state index in [1.54, 1.807) is 19.9 Å². The Kier molecular flexibility index (Phi) is 5.64. The van der Waals surface area contributed by atoms with Gasteiger partial charge in [-0.15, -0.1) is 11.3 Å². The molecule has 1 heterocycles. The van der Waals surface area contributed by atoms with Crippen LogP contribution in [0.2, 0.25) is 0 Å².